The second-order valence-electron chi connectivity index (χ2n) is 9.06. The minimum atomic E-state index is -3.06. The highest BCUT2D eigenvalue weighted by Crippen LogP contribution is 2.41. The van der Waals surface area contributed by atoms with Crippen molar-refractivity contribution >= 4 is 32.5 Å². The van der Waals surface area contributed by atoms with Crippen molar-refractivity contribution < 1.29 is 13.2 Å². The summed E-state index contributed by atoms with van der Waals surface area (Å²) in [6, 6.07) is 9.61. The number of aromatic nitrogens is 3. The summed E-state index contributed by atoms with van der Waals surface area (Å²) in [5, 5.41) is 8.38. The van der Waals surface area contributed by atoms with Crippen LogP contribution in [0.4, 0.5) is 5.69 Å². The van der Waals surface area contributed by atoms with Crippen LogP contribution in [-0.4, -0.2) is 40.6 Å². The van der Waals surface area contributed by atoms with Crippen LogP contribution in [0.3, 0.4) is 0 Å². The molecule has 8 heteroatoms. The SMILES string of the molecule is CCCc1ccc(NC(=O)c2cc(C3CC3)nc3c2c(C)nn3[C@@H]2CCS(=O)(=O)C2)cc1. The van der Waals surface area contributed by atoms with Crippen molar-refractivity contribution in [2.45, 2.75) is 57.9 Å². The largest absolute Gasteiger partial charge is 0.322 e. The first kappa shape index (κ1) is 21.1. The van der Waals surface area contributed by atoms with Crippen LogP contribution in [0.15, 0.2) is 30.3 Å². The monoisotopic (exact) mass is 452 g/mol. The number of nitrogens with one attached hydrogen (secondary N) is 1. The maximum absolute atomic E-state index is 13.3. The molecule has 2 aliphatic rings. The molecular weight excluding hydrogens is 424 g/mol. The van der Waals surface area contributed by atoms with Crippen molar-refractivity contribution in [3.8, 4) is 0 Å². The summed E-state index contributed by atoms with van der Waals surface area (Å²) in [6.07, 6.45) is 4.74. The van der Waals surface area contributed by atoms with Crippen molar-refractivity contribution in [2.75, 3.05) is 16.8 Å². The molecule has 7 nitrogen and oxygen atoms in total. The molecule has 1 aromatic carbocycles. The number of nitrogens with zero attached hydrogens (tertiary/aromatic N) is 3. The molecule has 1 saturated heterocycles. The Morgan fingerprint density at radius 1 is 1.19 bits per heavy atom. The molecule has 1 aliphatic carbocycles. The third-order valence-corrected chi connectivity index (χ3v) is 8.15. The van der Waals surface area contributed by atoms with Gasteiger partial charge >= 0.3 is 0 Å². The van der Waals surface area contributed by atoms with Gasteiger partial charge in [-0.1, -0.05) is 25.5 Å². The fourth-order valence-electron chi connectivity index (χ4n) is 4.56. The van der Waals surface area contributed by atoms with Gasteiger partial charge in [-0.3, -0.25) is 4.79 Å². The van der Waals surface area contributed by atoms with E-state index in [1.807, 2.05) is 37.3 Å². The Balaban J connectivity index is 1.54. The number of rotatable bonds is 6. The highest BCUT2D eigenvalue weighted by molar-refractivity contribution is 7.91. The van der Waals surface area contributed by atoms with E-state index in [1.54, 1.807) is 4.68 Å². The molecule has 1 aliphatic heterocycles. The van der Waals surface area contributed by atoms with Crippen molar-refractivity contribution in [2.24, 2.45) is 0 Å². The van der Waals surface area contributed by atoms with E-state index >= 15 is 0 Å². The number of amides is 1. The van der Waals surface area contributed by atoms with E-state index in [2.05, 4.69) is 17.3 Å². The molecule has 0 radical (unpaired) electrons. The Kier molecular flexibility index (Phi) is 5.28. The number of carbonyl (C=O) groups is 1. The lowest BCUT2D eigenvalue weighted by Gasteiger charge is -2.12. The topological polar surface area (TPSA) is 93.9 Å². The Labute approximate surface area is 188 Å². The normalized spacial score (nSPS) is 20.0. The summed E-state index contributed by atoms with van der Waals surface area (Å²) in [7, 11) is -3.06. The summed E-state index contributed by atoms with van der Waals surface area (Å²) in [4.78, 5) is 18.2. The van der Waals surface area contributed by atoms with Crippen LogP contribution in [0.25, 0.3) is 11.0 Å². The number of pyridine rings is 1. The van der Waals surface area contributed by atoms with Crippen molar-refractivity contribution in [1.29, 1.82) is 0 Å². The summed E-state index contributed by atoms with van der Waals surface area (Å²) in [5.74, 6) is 0.408. The number of anilines is 1. The fraction of sp³-hybridized carbons (Fsp3) is 0.458. The van der Waals surface area contributed by atoms with Gasteiger partial charge in [0.15, 0.2) is 15.5 Å². The molecule has 3 aromatic rings. The zero-order valence-corrected chi connectivity index (χ0v) is 19.3. The third kappa shape index (κ3) is 4.03. The first-order valence-electron chi connectivity index (χ1n) is 11.3. The fourth-order valence-corrected chi connectivity index (χ4v) is 6.26. The van der Waals surface area contributed by atoms with E-state index in [9.17, 15) is 13.2 Å². The number of benzene rings is 1. The second kappa shape index (κ2) is 7.99. The number of hydrogen-bond acceptors (Lipinski definition) is 5. The molecule has 2 fully saturated rings. The molecule has 0 bridgehead atoms. The second-order valence-corrected chi connectivity index (χ2v) is 11.3. The van der Waals surface area contributed by atoms with E-state index in [0.717, 1.165) is 37.1 Å². The maximum Gasteiger partial charge on any atom is 0.256 e. The van der Waals surface area contributed by atoms with E-state index in [1.165, 1.54) is 5.56 Å². The first-order valence-corrected chi connectivity index (χ1v) is 13.2. The van der Waals surface area contributed by atoms with Gasteiger partial charge in [0, 0.05) is 17.3 Å². The lowest BCUT2D eigenvalue weighted by molar-refractivity contribution is 0.102. The molecule has 2 aromatic heterocycles. The average Bonchev–Trinajstić information content (AvgIpc) is 3.48. The Morgan fingerprint density at radius 3 is 2.56 bits per heavy atom. The number of sulfone groups is 1. The van der Waals surface area contributed by atoms with Gasteiger partial charge in [-0.15, -0.1) is 0 Å². The molecule has 1 atom stereocenters. The van der Waals surface area contributed by atoms with Crippen LogP contribution < -0.4 is 5.32 Å². The molecule has 5 rings (SSSR count). The maximum atomic E-state index is 13.3. The Bertz CT molecular complexity index is 1290. The first-order chi connectivity index (χ1) is 15.3. The molecule has 1 amide bonds. The predicted molar refractivity (Wildman–Crippen MR) is 125 cm³/mol. The van der Waals surface area contributed by atoms with Gasteiger partial charge in [0.2, 0.25) is 0 Å². The molecule has 0 unspecified atom stereocenters. The summed E-state index contributed by atoms with van der Waals surface area (Å²) in [6.45, 7) is 4.00. The van der Waals surface area contributed by atoms with Gasteiger partial charge in [-0.05, 0) is 56.4 Å². The summed E-state index contributed by atoms with van der Waals surface area (Å²) >= 11 is 0. The van der Waals surface area contributed by atoms with Crippen molar-refractivity contribution in [3.05, 3.63) is 52.8 Å². The predicted octanol–water partition coefficient (Wildman–Crippen LogP) is 4.18. The standard InChI is InChI=1S/C24H28N4O3S/c1-3-4-16-5-9-18(10-6-16)25-24(29)20-13-21(17-7-8-17)26-23-22(20)15(2)27-28(23)19-11-12-32(30,31)14-19/h5-6,9-10,13,17,19H,3-4,7-8,11-12,14H2,1-2H3,(H,25,29)/t19-/m1/s1. The Hall–Kier alpha value is -2.74. The van der Waals surface area contributed by atoms with Gasteiger partial charge in [0.1, 0.15) is 0 Å². The summed E-state index contributed by atoms with van der Waals surface area (Å²) < 4.78 is 25.9. The third-order valence-electron chi connectivity index (χ3n) is 6.40. The zero-order valence-electron chi connectivity index (χ0n) is 18.5. The van der Waals surface area contributed by atoms with Gasteiger partial charge in [-0.25, -0.2) is 18.1 Å². The quantitative estimate of drug-likeness (QED) is 0.605. The molecule has 1 saturated carbocycles. The number of carbonyl (C=O) groups excluding carboxylic acids is 1. The highest BCUT2D eigenvalue weighted by atomic mass is 32.2. The van der Waals surface area contributed by atoms with Crippen LogP contribution >= 0.6 is 0 Å². The zero-order chi connectivity index (χ0) is 22.5. The van der Waals surface area contributed by atoms with Crippen LogP contribution in [-0.2, 0) is 16.3 Å². The van der Waals surface area contributed by atoms with Gasteiger partial charge in [-0.2, -0.15) is 5.10 Å². The van der Waals surface area contributed by atoms with Crippen LogP contribution in [0, 0.1) is 6.92 Å². The van der Waals surface area contributed by atoms with E-state index in [0.29, 0.717) is 34.6 Å². The van der Waals surface area contributed by atoms with Crippen molar-refractivity contribution in [3.63, 3.8) is 0 Å². The number of hydrogen-bond donors (Lipinski definition) is 1. The smallest absolute Gasteiger partial charge is 0.256 e. The number of aryl methyl sites for hydroxylation is 2. The molecule has 168 valence electrons. The van der Waals surface area contributed by atoms with Gasteiger partial charge in [0.25, 0.3) is 5.91 Å². The highest BCUT2D eigenvalue weighted by Gasteiger charge is 2.34. The van der Waals surface area contributed by atoms with Crippen LogP contribution in [0.1, 0.15) is 71.9 Å². The minimum Gasteiger partial charge on any atom is -0.322 e. The molecular formula is C24H28N4O3S. The lowest BCUT2D eigenvalue weighted by atomic mass is 10.1. The average molecular weight is 453 g/mol. The van der Waals surface area contributed by atoms with E-state index in [-0.39, 0.29) is 23.5 Å². The van der Waals surface area contributed by atoms with Crippen molar-refractivity contribution in [1.82, 2.24) is 14.8 Å². The van der Waals surface area contributed by atoms with Crippen LogP contribution in [0.2, 0.25) is 0 Å². The van der Waals surface area contributed by atoms with E-state index in [4.69, 9.17) is 4.98 Å². The molecule has 3 heterocycles. The summed E-state index contributed by atoms with van der Waals surface area (Å²) in [5.41, 5.74) is 4.76. The number of fused-ring (bicyclic) bond motifs is 1. The molecule has 1 N–H and O–H groups in total. The van der Waals surface area contributed by atoms with E-state index < -0.39 is 9.84 Å². The van der Waals surface area contributed by atoms with Gasteiger partial charge < -0.3 is 5.32 Å². The molecule has 0 spiro atoms. The minimum absolute atomic E-state index is 0.0736. The van der Waals surface area contributed by atoms with Gasteiger partial charge in [0.05, 0.1) is 34.2 Å². The molecule has 32 heavy (non-hydrogen) atoms. The Morgan fingerprint density at radius 2 is 1.94 bits per heavy atom. The lowest BCUT2D eigenvalue weighted by Crippen LogP contribution is -2.15. The van der Waals surface area contributed by atoms with Crippen LogP contribution in [0.5, 0.6) is 0 Å².